The summed E-state index contributed by atoms with van der Waals surface area (Å²) >= 11 is 1.36. The number of carbonyl (C=O) groups is 2. The van der Waals surface area contributed by atoms with Crippen LogP contribution in [0.15, 0.2) is 114 Å². The summed E-state index contributed by atoms with van der Waals surface area (Å²) in [5.74, 6) is -1.02. The van der Waals surface area contributed by atoms with Gasteiger partial charge in [0.05, 0.1) is 46.1 Å². The number of thiazole rings is 1. The molecule has 0 fully saturated rings. The number of para-hydroxylation sites is 1. The van der Waals surface area contributed by atoms with Crippen LogP contribution >= 0.6 is 11.3 Å². The molecule has 51 heavy (non-hydrogen) atoms. The molecule has 1 heterocycles. The molecule has 0 unspecified atom stereocenters. The second-order valence-corrected chi connectivity index (χ2v) is 15.5. The average molecular weight is 729 g/mol. The van der Waals surface area contributed by atoms with Crippen LogP contribution < -0.4 is 10.6 Å². The monoisotopic (exact) mass is 728 g/mol. The Bertz CT molecular complexity index is 1980. The van der Waals surface area contributed by atoms with E-state index in [1.807, 2.05) is 74.5 Å². The summed E-state index contributed by atoms with van der Waals surface area (Å²) in [4.78, 5) is 33.1. The SMILES string of the molecule is COC(=O)N(C(=O)[C@@H](N)C(c1ccccc1)c1ccccc1)c1ccccc1CC[C@@H](CO)N(CCC(C)C)S(=O)(=O)c1ccc2ncsc2c1. The van der Waals surface area contributed by atoms with E-state index < -0.39 is 46.6 Å². The summed E-state index contributed by atoms with van der Waals surface area (Å²) in [6.07, 6.45) is 0.127. The summed E-state index contributed by atoms with van der Waals surface area (Å²) in [6.45, 7) is 3.81. The van der Waals surface area contributed by atoms with Crippen LogP contribution in [0.2, 0.25) is 0 Å². The van der Waals surface area contributed by atoms with Crippen LogP contribution in [0.25, 0.3) is 10.2 Å². The van der Waals surface area contributed by atoms with Gasteiger partial charge in [0.15, 0.2) is 0 Å². The number of methoxy groups -OCH3 is 1. The molecule has 0 aliphatic carbocycles. The minimum Gasteiger partial charge on any atom is -0.452 e. The summed E-state index contributed by atoms with van der Waals surface area (Å²) in [5, 5.41) is 10.7. The van der Waals surface area contributed by atoms with Crippen molar-refractivity contribution in [1.82, 2.24) is 9.29 Å². The highest BCUT2D eigenvalue weighted by Gasteiger charge is 2.37. The number of imide groups is 1. The van der Waals surface area contributed by atoms with Crippen molar-refractivity contribution in [2.24, 2.45) is 11.7 Å². The largest absolute Gasteiger partial charge is 0.452 e. The van der Waals surface area contributed by atoms with E-state index in [1.165, 1.54) is 22.8 Å². The number of aliphatic hydroxyl groups is 1. The van der Waals surface area contributed by atoms with Crippen LogP contribution in [-0.2, 0) is 26.0 Å². The highest BCUT2D eigenvalue weighted by atomic mass is 32.2. The Hall–Kier alpha value is -4.46. The van der Waals surface area contributed by atoms with Crippen molar-refractivity contribution in [3.63, 3.8) is 0 Å². The quantitative estimate of drug-likeness (QED) is 0.123. The molecule has 0 spiro atoms. The number of rotatable bonds is 15. The van der Waals surface area contributed by atoms with Crippen LogP contribution in [0.3, 0.4) is 0 Å². The van der Waals surface area contributed by atoms with Gasteiger partial charge in [-0.2, -0.15) is 4.31 Å². The maximum atomic E-state index is 14.4. The second-order valence-electron chi connectivity index (χ2n) is 12.8. The molecular weight excluding hydrogens is 685 g/mol. The van der Waals surface area contributed by atoms with Gasteiger partial charge >= 0.3 is 6.09 Å². The maximum absolute atomic E-state index is 14.4. The highest BCUT2D eigenvalue weighted by Crippen LogP contribution is 2.32. The molecule has 2 amide bonds. The molecule has 4 aromatic carbocycles. The van der Waals surface area contributed by atoms with Gasteiger partial charge in [0.25, 0.3) is 5.91 Å². The van der Waals surface area contributed by atoms with Crippen molar-refractivity contribution in [3.05, 3.63) is 125 Å². The zero-order valence-corrected chi connectivity index (χ0v) is 30.6. The van der Waals surface area contributed by atoms with Crippen LogP contribution in [0, 0.1) is 5.92 Å². The molecule has 0 saturated carbocycles. The lowest BCUT2D eigenvalue weighted by Gasteiger charge is -2.31. The number of amides is 2. The molecule has 0 radical (unpaired) electrons. The first kappa shape index (κ1) is 37.8. The average Bonchev–Trinajstić information content (AvgIpc) is 3.62. The van der Waals surface area contributed by atoms with Gasteiger partial charge in [-0.15, -0.1) is 11.3 Å². The Kier molecular flexibility index (Phi) is 12.7. The lowest BCUT2D eigenvalue weighted by molar-refractivity contribution is -0.119. The number of aliphatic hydroxyl groups excluding tert-OH is 1. The van der Waals surface area contributed by atoms with Crippen molar-refractivity contribution in [1.29, 1.82) is 0 Å². The molecule has 268 valence electrons. The second kappa shape index (κ2) is 17.2. The number of hydrogen-bond acceptors (Lipinski definition) is 9. The molecule has 1 aromatic heterocycles. The Labute approximate surface area is 303 Å². The number of nitrogens with two attached hydrogens (primary N) is 1. The molecule has 5 aromatic rings. The van der Waals surface area contributed by atoms with Crippen molar-refractivity contribution in [2.75, 3.05) is 25.2 Å². The fourth-order valence-corrected chi connectivity index (χ4v) is 8.70. The number of aromatic nitrogens is 1. The molecule has 10 nitrogen and oxygen atoms in total. The zero-order chi connectivity index (χ0) is 36.5. The van der Waals surface area contributed by atoms with E-state index in [1.54, 1.807) is 48.0 Å². The van der Waals surface area contributed by atoms with Crippen LogP contribution in [0.4, 0.5) is 10.5 Å². The number of fused-ring (bicyclic) bond motifs is 1. The zero-order valence-electron chi connectivity index (χ0n) is 29.0. The first-order valence-corrected chi connectivity index (χ1v) is 19.2. The molecule has 2 atom stereocenters. The molecule has 3 N–H and O–H groups in total. The van der Waals surface area contributed by atoms with E-state index in [9.17, 15) is 23.1 Å². The van der Waals surface area contributed by atoms with Crippen LogP contribution in [0.5, 0.6) is 0 Å². The van der Waals surface area contributed by atoms with Gasteiger partial charge in [0.2, 0.25) is 10.0 Å². The van der Waals surface area contributed by atoms with Gasteiger partial charge in [-0.25, -0.2) is 23.1 Å². The van der Waals surface area contributed by atoms with Crippen molar-refractivity contribution in [3.8, 4) is 0 Å². The van der Waals surface area contributed by atoms with Gasteiger partial charge in [0, 0.05) is 18.5 Å². The molecule has 12 heteroatoms. The Morgan fingerprint density at radius 1 is 0.902 bits per heavy atom. The first-order chi connectivity index (χ1) is 24.6. The van der Waals surface area contributed by atoms with Gasteiger partial charge in [-0.1, -0.05) is 92.7 Å². The maximum Gasteiger partial charge on any atom is 0.420 e. The van der Waals surface area contributed by atoms with Crippen molar-refractivity contribution >= 4 is 49.3 Å². The summed E-state index contributed by atoms with van der Waals surface area (Å²) < 4.78 is 35.6. The normalized spacial score (nSPS) is 13.1. The number of hydrogen-bond donors (Lipinski definition) is 2. The lowest BCUT2D eigenvalue weighted by atomic mass is 9.84. The summed E-state index contributed by atoms with van der Waals surface area (Å²) in [5.41, 5.74) is 11.6. The molecule has 0 aliphatic heterocycles. The van der Waals surface area contributed by atoms with E-state index >= 15 is 0 Å². The van der Waals surface area contributed by atoms with E-state index in [0.717, 1.165) is 20.7 Å². The van der Waals surface area contributed by atoms with E-state index in [0.29, 0.717) is 17.5 Å². The Morgan fingerprint density at radius 2 is 1.53 bits per heavy atom. The number of nitrogens with zero attached hydrogens (tertiary/aromatic N) is 3. The number of anilines is 1. The predicted octanol–water partition coefficient (Wildman–Crippen LogP) is 6.59. The minimum atomic E-state index is -4.02. The third-order valence-corrected chi connectivity index (χ3v) is 11.7. The molecule has 0 saturated heterocycles. The van der Waals surface area contributed by atoms with E-state index in [-0.39, 0.29) is 35.9 Å². The van der Waals surface area contributed by atoms with Crippen molar-refractivity contribution in [2.45, 2.75) is 56.0 Å². The number of ether oxygens (including phenoxy) is 1. The first-order valence-electron chi connectivity index (χ1n) is 16.9. The van der Waals surface area contributed by atoms with Gasteiger partial charge in [-0.05, 0) is 66.1 Å². The number of benzene rings is 4. The predicted molar refractivity (Wildman–Crippen MR) is 201 cm³/mol. The molecule has 0 bridgehead atoms. The molecule has 5 rings (SSSR count). The standard InChI is InChI=1S/C39H44N4O6S2/c1-27(2)22-23-42(51(47,48)32-20-21-33-35(24-32)50-26-41-33)31(25-44)19-18-28-12-10-11-17-34(28)43(39(46)49-3)38(45)37(40)36(29-13-6-4-7-14-29)30-15-8-5-9-16-30/h4-17,20-21,24,26-27,31,36-37,44H,18-19,22-23,25,40H2,1-3H3/t31-,37-/m0/s1. The Balaban J connectivity index is 1.46. The van der Waals surface area contributed by atoms with E-state index in [2.05, 4.69) is 4.98 Å². The number of carbonyl (C=O) groups excluding carboxylic acids is 2. The minimum absolute atomic E-state index is 0.129. The Morgan fingerprint density at radius 3 is 2.14 bits per heavy atom. The number of sulfonamides is 1. The fraction of sp³-hybridized carbons (Fsp3) is 0.308. The summed E-state index contributed by atoms with van der Waals surface area (Å²) in [6, 6.07) is 28.6. The van der Waals surface area contributed by atoms with Gasteiger partial charge in [-0.3, -0.25) is 4.79 Å². The van der Waals surface area contributed by atoms with Crippen molar-refractivity contribution < 1.29 is 27.9 Å². The van der Waals surface area contributed by atoms with E-state index in [4.69, 9.17) is 10.5 Å². The lowest BCUT2D eigenvalue weighted by Crippen LogP contribution is -2.50. The summed E-state index contributed by atoms with van der Waals surface area (Å²) in [7, 11) is -2.82. The molecule has 0 aliphatic rings. The van der Waals surface area contributed by atoms with Gasteiger partial charge < -0.3 is 15.6 Å². The topological polar surface area (TPSA) is 143 Å². The number of aryl methyl sites for hydroxylation is 1. The fourth-order valence-electron chi connectivity index (χ4n) is 6.22. The highest BCUT2D eigenvalue weighted by molar-refractivity contribution is 7.89. The molecular formula is C39H44N4O6S2. The third-order valence-electron chi connectivity index (χ3n) is 8.97. The smallest absolute Gasteiger partial charge is 0.420 e. The van der Waals surface area contributed by atoms with Crippen LogP contribution in [-0.4, -0.2) is 67.2 Å². The van der Waals surface area contributed by atoms with Gasteiger partial charge in [0.1, 0.15) is 0 Å². The van der Waals surface area contributed by atoms with Crippen LogP contribution in [0.1, 0.15) is 49.3 Å². The third kappa shape index (κ3) is 8.71.